The van der Waals surface area contributed by atoms with E-state index in [-0.39, 0.29) is 17.8 Å². The lowest BCUT2D eigenvalue weighted by molar-refractivity contribution is -0.115. The Balaban J connectivity index is 2.35. The van der Waals surface area contributed by atoms with Gasteiger partial charge in [-0.05, 0) is 33.0 Å². The van der Waals surface area contributed by atoms with Crippen LogP contribution in [0.2, 0.25) is 0 Å². The number of amidine groups is 1. The van der Waals surface area contributed by atoms with Gasteiger partial charge >= 0.3 is 0 Å². The van der Waals surface area contributed by atoms with E-state index in [1.54, 1.807) is 0 Å². The van der Waals surface area contributed by atoms with Crippen LogP contribution in [0.4, 0.5) is 0 Å². The summed E-state index contributed by atoms with van der Waals surface area (Å²) in [6, 6.07) is 0.249. The fourth-order valence-electron chi connectivity index (χ4n) is 1.51. The highest BCUT2D eigenvalue weighted by Gasteiger charge is 2.19. The first-order chi connectivity index (χ1) is 6.63. The summed E-state index contributed by atoms with van der Waals surface area (Å²) in [5.74, 6) is -0.189. The van der Waals surface area contributed by atoms with Crippen LogP contribution in [0.25, 0.3) is 0 Å². The summed E-state index contributed by atoms with van der Waals surface area (Å²) < 4.78 is 0. The van der Waals surface area contributed by atoms with E-state index in [1.807, 2.05) is 0 Å². The van der Waals surface area contributed by atoms with Gasteiger partial charge < -0.3 is 16.0 Å². The molecule has 0 unspecified atom stereocenters. The number of carbonyl (C=O) groups excluding carboxylic acids is 1. The van der Waals surface area contributed by atoms with Crippen LogP contribution < -0.4 is 11.1 Å². The van der Waals surface area contributed by atoms with E-state index in [4.69, 9.17) is 5.73 Å². The molecule has 0 saturated carbocycles. The molecule has 1 heterocycles. The van der Waals surface area contributed by atoms with Crippen molar-refractivity contribution in [2.45, 2.75) is 18.9 Å². The van der Waals surface area contributed by atoms with Gasteiger partial charge in [-0.1, -0.05) is 0 Å². The maximum atomic E-state index is 11.3. The van der Waals surface area contributed by atoms with Gasteiger partial charge in [-0.25, -0.2) is 0 Å². The highest BCUT2D eigenvalue weighted by molar-refractivity contribution is 6.37. The molecular weight excluding hydrogens is 180 g/mol. The molecule has 0 radical (unpaired) electrons. The third kappa shape index (κ3) is 2.99. The lowest BCUT2D eigenvalue weighted by atomic mass is 10.1. The van der Waals surface area contributed by atoms with Crippen molar-refractivity contribution in [2.24, 2.45) is 10.7 Å². The minimum absolute atomic E-state index is 0.0592. The van der Waals surface area contributed by atoms with Crippen LogP contribution in [0.5, 0.6) is 0 Å². The monoisotopic (exact) mass is 198 g/mol. The number of nitrogens with one attached hydrogen (secondary N) is 1. The predicted octanol–water partition coefficient (Wildman–Crippen LogP) is -0.816. The Morgan fingerprint density at radius 2 is 2.07 bits per heavy atom. The maximum absolute atomic E-state index is 11.3. The van der Waals surface area contributed by atoms with Gasteiger partial charge in [-0.15, -0.1) is 0 Å². The normalized spacial score (nSPS) is 20.9. The maximum Gasteiger partial charge on any atom is 0.286 e. The Bertz CT molecular complexity index is 231. The SMILES string of the molecule is CN=C(N)C(=O)NC1CCN(C)CC1. The van der Waals surface area contributed by atoms with Gasteiger partial charge in [0.05, 0.1) is 0 Å². The van der Waals surface area contributed by atoms with Crippen LogP contribution in [0.15, 0.2) is 4.99 Å². The first-order valence-corrected chi connectivity index (χ1v) is 4.85. The summed E-state index contributed by atoms with van der Waals surface area (Å²) in [5, 5.41) is 2.87. The van der Waals surface area contributed by atoms with Crippen LogP contribution in [-0.2, 0) is 4.79 Å². The number of rotatable bonds is 1. The molecule has 0 aliphatic carbocycles. The van der Waals surface area contributed by atoms with Crippen molar-refractivity contribution in [1.82, 2.24) is 10.2 Å². The number of hydrogen-bond acceptors (Lipinski definition) is 3. The van der Waals surface area contributed by atoms with E-state index in [9.17, 15) is 4.79 Å². The smallest absolute Gasteiger partial charge is 0.286 e. The van der Waals surface area contributed by atoms with Gasteiger partial charge in [0.1, 0.15) is 0 Å². The average Bonchev–Trinajstić information content (AvgIpc) is 2.20. The predicted molar refractivity (Wildman–Crippen MR) is 56.2 cm³/mol. The van der Waals surface area contributed by atoms with Crippen molar-refractivity contribution in [3.05, 3.63) is 0 Å². The molecule has 3 N–H and O–H groups in total. The van der Waals surface area contributed by atoms with Crippen molar-refractivity contribution < 1.29 is 4.79 Å². The minimum atomic E-state index is -0.248. The van der Waals surface area contributed by atoms with E-state index in [0.717, 1.165) is 25.9 Å². The first kappa shape index (κ1) is 11.0. The molecule has 0 atom stereocenters. The number of nitrogens with zero attached hydrogens (tertiary/aromatic N) is 2. The molecule has 1 aliphatic heterocycles. The topological polar surface area (TPSA) is 70.7 Å². The molecule has 0 spiro atoms. The van der Waals surface area contributed by atoms with Gasteiger partial charge in [0.2, 0.25) is 0 Å². The third-order valence-electron chi connectivity index (χ3n) is 2.53. The quantitative estimate of drug-likeness (QED) is 0.427. The summed E-state index contributed by atoms with van der Waals surface area (Å²) in [4.78, 5) is 17.2. The van der Waals surface area contributed by atoms with Gasteiger partial charge in [-0.2, -0.15) is 0 Å². The summed E-state index contributed by atoms with van der Waals surface area (Å²) in [7, 11) is 3.60. The second kappa shape index (κ2) is 4.95. The van der Waals surface area contributed by atoms with Crippen molar-refractivity contribution in [2.75, 3.05) is 27.2 Å². The Morgan fingerprint density at radius 3 is 2.57 bits per heavy atom. The second-order valence-electron chi connectivity index (χ2n) is 3.66. The Morgan fingerprint density at radius 1 is 1.50 bits per heavy atom. The lowest BCUT2D eigenvalue weighted by Gasteiger charge is -2.29. The number of hydrogen-bond donors (Lipinski definition) is 2. The van der Waals surface area contributed by atoms with Gasteiger partial charge in [0.15, 0.2) is 5.84 Å². The zero-order valence-corrected chi connectivity index (χ0v) is 8.79. The zero-order chi connectivity index (χ0) is 10.6. The zero-order valence-electron chi connectivity index (χ0n) is 8.79. The highest BCUT2D eigenvalue weighted by atomic mass is 16.2. The Labute approximate surface area is 84.4 Å². The van der Waals surface area contributed by atoms with Gasteiger partial charge in [0.25, 0.3) is 5.91 Å². The molecule has 1 saturated heterocycles. The average molecular weight is 198 g/mol. The van der Waals surface area contributed by atoms with Crippen LogP contribution in [-0.4, -0.2) is 49.9 Å². The molecule has 1 rings (SSSR count). The number of likely N-dealkylation sites (tertiary alicyclic amines) is 1. The fraction of sp³-hybridized carbons (Fsp3) is 0.778. The number of carbonyl (C=O) groups is 1. The third-order valence-corrected chi connectivity index (χ3v) is 2.53. The summed E-state index contributed by atoms with van der Waals surface area (Å²) in [6.45, 7) is 2.04. The number of piperidine rings is 1. The van der Waals surface area contributed by atoms with Crippen molar-refractivity contribution in [3.8, 4) is 0 Å². The molecule has 5 heteroatoms. The van der Waals surface area contributed by atoms with Gasteiger partial charge in [-0.3, -0.25) is 9.79 Å². The van der Waals surface area contributed by atoms with Crippen molar-refractivity contribution in [1.29, 1.82) is 0 Å². The molecule has 1 aliphatic rings. The van der Waals surface area contributed by atoms with Crippen LogP contribution in [0, 0.1) is 0 Å². The highest BCUT2D eigenvalue weighted by Crippen LogP contribution is 2.07. The van der Waals surface area contributed by atoms with Crippen LogP contribution in [0.3, 0.4) is 0 Å². The number of aliphatic imine (C=N–C) groups is 1. The molecular formula is C9H18N4O. The molecule has 1 fully saturated rings. The van der Waals surface area contributed by atoms with Crippen LogP contribution in [0.1, 0.15) is 12.8 Å². The lowest BCUT2D eigenvalue weighted by Crippen LogP contribution is -2.47. The first-order valence-electron chi connectivity index (χ1n) is 4.85. The van der Waals surface area contributed by atoms with Crippen molar-refractivity contribution in [3.63, 3.8) is 0 Å². The van der Waals surface area contributed by atoms with Crippen molar-refractivity contribution >= 4 is 11.7 Å². The molecule has 0 aromatic heterocycles. The van der Waals surface area contributed by atoms with E-state index in [0.29, 0.717) is 0 Å². The molecule has 0 bridgehead atoms. The van der Waals surface area contributed by atoms with E-state index >= 15 is 0 Å². The molecule has 14 heavy (non-hydrogen) atoms. The number of amides is 1. The minimum Gasteiger partial charge on any atom is -0.379 e. The largest absolute Gasteiger partial charge is 0.379 e. The summed E-state index contributed by atoms with van der Waals surface area (Å²) >= 11 is 0. The molecule has 5 nitrogen and oxygen atoms in total. The van der Waals surface area contributed by atoms with Crippen LogP contribution >= 0.6 is 0 Å². The van der Waals surface area contributed by atoms with Gasteiger partial charge in [0, 0.05) is 13.1 Å². The standard InChI is InChI=1S/C9H18N4O/c1-11-8(10)9(14)12-7-3-5-13(2)6-4-7/h7H,3-6H2,1-2H3,(H2,10,11)(H,12,14). The summed E-state index contributed by atoms with van der Waals surface area (Å²) in [6.07, 6.45) is 1.97. The number of nitrogens with two attached hydrogens (primary N) is 1. The molecule has 80 valence electrons. The van der Waals surface area contributed by atoms with E-state index < -0.39 is 0 Å². The van der Waals surface area contributed by atoms with E-state index in [2.05, 4.69) is 22.3 Å². The molecule has 0 aromatic carbocycles. The second-order valence-corrected chi connectivity index (χ2v) is 3.66. The Kier molecular flexibility index (Phi) is 3.88. The molecule has 0 aromatic rings. The molecule has 1 amide bonds. The Hall–Kier alpha value is -1.10. The fourth-order valence-corrected chi connectivity index (χ4v) is 1.51. The van der Waals surface area contributed by atoms with E-state index in [1.165, 1.54) is 7.05 Å². The summed E-state index contributed by atoms with van der Waals surface area (Å²) in [5.41, 5.74) is 5.39.